The fourth-order valence-electron chi connectivity index (χ4n) is 2.63. The normalized spacial score (nSPS) is 19.3. The van der Waals surface area contributed by atoms with E-state index in [0.29, 0.717) is 6.54 Å². The standard InChI is InChI=1S/C13H17N5OS/c1-9-12(20-10(2)16-9)13(19)17-5-3-4-11(6-17)18-8-14-7-15-18/h7-8,11H,3-6H2,1-2H3. The van der Waals surface area contributed by atoms with Crippen LogP contribution in [0.25, 0.3) is 0 Å². The van der Waals surface area contributed by atoms with E-state index in [1.807, 2.05) is 23.4 Å². The van der Waals surface area contributed by atoms with E-state index in [-0.39, 0.29) is 11.9 Å². The largest absolute Gasteiger partial charge is 0.336 e. The Kier molecular flexibility index (Phi) is 3.52. The first-order valence-corrected chi connectivity index (χ1v) is 7.54. The van der Waals surface area contributed by atoms with Gasteiger partial charge in [-0.3, -0.25) is 4.79 Å². The van der Waals surface area contributed by atoms with E-state index in [1.54, 1.807) is 6.33 Å². The third-order valence-corrected chi connectivity index (χ3v) is 4.65. The van der Waals surface area contributed by atoms with Crippen molar-refractivity contribution < 1.29 is 4.79 Å². The fraction of sp³-hybridized carbons (Fsp3) is 0.538. The van der Waals surface area contributed by atoms with Gasteiger partial charge in [0, 0.05) is 13.1 Å². The number of hydrogen-bond acceptors (Lipinski definition) is 5. The molecule has 6 nitrogen and oxygen atoms in total. The number of rotatable bonds is 2. The molecule has 20 heavy (non-hydrogen) atoms. The molecular weight excluding hydrogens is 274 g/mol. The van der Waals surface area contributed by atoms with E-state index in [1.165, 1.54) is 17.7 Å². The summed E-state index contributed by atoms with van der Waals surface area (Å²) < 4.78 is 1.85. The van der Waals surface area contributed by atoms with Crippen LogP contribution in [0.2, 0.25) is 0 Å². The Bertz CT molecular complexity index is 606. The maximum atomic E-state index is 12.6. The van der Waals surface area contributed by atoms with E-state index in [0.717, 1.165) is 35.0 Å². The van der Waals surface area contributed by atoms with Gasteiger partial charge in [-0.2, -0.15) is 5.10 Å². The Hall–Kier alpha value is -1.76. The zero-order valence-electron chi connectivity index (χ0n) is 11.6. The van der Waals surface area contributed by atoms with Gasteiger partial charge in [-0.15, -0.1) is 11.3 Å². The highest BCUT2D eigenvalue weighted by atomic mass is 32.1. The summed E-state index contributed by atoms with van der Waals surface area (Å²) >= 11 is 1.48. The highest BCUT2D eigenvalue weighted by molar-refractivity contribution is 7.13. The van der Waals surface area contributed by atoms with Crippen molar-refractivity contribution >= 4 is 17.2 Å². The molecule has 0 aliphatic carbocycles. The summed E-state index contributed by atoms with van der Waals surface area (Å²) in [6, 6.07) is 0.226. The number of aryl methyl sites for hydroxylation is 2. The van der Waals surface area contributed by atoms with Gasteiger partial charge in [-0.05, 0) is 26.7 Å². The number of aromatic nitrogens is 4. The summed E-state index contributed by atoms with van der Waals surface area (Å²) in [5.41, 5.74) is 0.834. The van der Waals surface area contributed by atoms with Gasteiger partial charge in [0.25, 0.3) is 5.91 Å². The first-order valence-electron chi connectivity index (χ1n) is 6.72. The van der Waals surface area contributed by atoms with Gasteiger partial charge in [0.2, 0.25) is 0 Å². The van der Waals surface area contributed by atoms with E-state index in [4.69, 9.17) is 0 Å². The summed E-state index contributed by atoms with van der Waals surface area (Å²) in [6.45, 7) is 5.33. The molecule has 3 rings (SSSR count). The van der Waals surface area contributed by atoms with Gasteiger partial charge in [0.15, 0.2) is 0 Å². The lowest BCUT2D eigenvalue weighted by Gasteiger charge is -2.32. The average Bonchev–Trinajstić information content (AvgIpc) is 3.08. The Labute approximate surface area is 121 Å². The Balaban J connectivity index is 1.77. The highest BCUT2D eigenvalue weighted by Gasteiger charge is 2.27. The van der Waals surface area contributed by atoms with Gasteiger partial charge in [0.1, 0.15) is 17.5 Å². The maximum Gasteiger partial charge on any atom is 0.265 e. The molecule has 1 amide bonds. The lowest BCUT2D eigenvalue weighted by molar-refractivity contribution is 0.0676. The molecule has 1 saturated heterocycles. The third-order valence-electron chi connectivity index (χ3n) is 3.59. The van der Waals surface area contributed by atoms with E-state index < -0.39 is 0 Å². The second-order valence-electron chi connectivity index (χ2n) is 5.07. The molecule has 1 aliphatic rings. The molecule has 0 N–H and O–H groups in total. The molecule has 1 fully saturated rings. The molecule has 3 heterocycles. The predicted octanol–water partition coefficient (Wildman–Crippen LogP) is 1.83. The number of thiazole rings is 1. The fourth-order valence-corrected chi connectivity index (χ4v) is 3.52. The van der Waals surface area contributed by atoms with Crippen molar-refractivity contribution in [1.29, 1.82) is 0 Å². The Morgan fingerprint density at radius 3 is 2.95 bits per heavy atom. The number of carbonyl (C=O) groups excluding carboxylic acids is 1. The number of nitrogens with zero attached hydrogens (tertiary/aromatic N) is 5. The molecule has 106 valence electrons. The molecular formula is C13H17N5OS. The molecule has 1 atom stereocenters. The van der Waals surface area contributed by atoms with E-state index in [2.05, 4.69) is 15.1 Å². The zero-order chi connectivity index (χ0) is 14.1. The van der Waals surface area contributed by atoms with Gasteiger partial charge in [0.05, 0.1) is 16.7 Å². The Morgan fingerprint density at radius 2 is 2.30 bits per heavy atom. The van der Waals surface area contributed by atoms with Crippen molar-refractivity contribution in [3.63, 3.8) is 0 Å². The minimum atomic E-state index is 0.0953. The van der Waals surface area contributed by atoms with E-state index >= 15 is 0 Å². The van der Waals surface area contributed by atoms with Gasteiger partial charge in [-0.25, -0.2) is 14.6 Å². The maximum absolute atomic E-state index is 12.6. The van der Waals surface area contributed by atoms with Crippen molar-refractivity contribution in [3.05, 3.63) is 28.2 Å². The number of piperidine rings is 1. The smallest absolute Gasteiger partial charge is 0.265 e. The summed E-state index contributed by atoms with van der Waals surface area (Å²) in [7, 11) is 0. The highest BCUT2D eigenvalue weighted by Crippen LogP contribution is 2.25. The first kappa shape index (κ1) is 13.2. The van der Waals surface area contributed by atoms with Crippen LogP contribution in [0, 0.1) is 13.8 Å². The molecule has 0 radical (unpaired) electrons. The number of hydrogen-bond donors (Lipinski definition) is 0. The van der Waals surface area contributed by atoms with Crippen LogP contribution in [0.4, 0.5) is 0 Å². The van der Waals surface area contributed by atoms with E-state index in [9.17, 15) is 4.79 Å². The molecule has 0 bridgehead atoms. The van der Waals surface area contributed by atoms with Crippen molar-refractivity contribution in [1.82, 2.24) is 24.6 Å². The van der Waals surface area contributed by atoms with Crippen molar-refractivity contribution in [3.8, 4) is 0 Å². The molecule has 0 aromatic carbocycles. The zero-order valence-corrected chi connectivity index (χ0v) is 12.4. The lowest BCUT2D eigenvalue weighted by atomic mass is 10.1. The number of carbonyl (C=O) groups is 1. The molecule has 0 spiro atoms. The average molecular weight is 291 g/mol. The van der Waals surface area contributed by atoms with Crippen LogP contribution in [-0.2, 0) is 0 Å². The molecule has 2 aromatic rings. The second kappa shape index (κ2) is 5.32. The predicted molar refractivity (Wildman–Crippen MR) is 75.8 cm³/mol. The van der Waals surface area contributed by atoms with Gasteiger partial charge in [-0.1, -0.05) is 0 Å². The Morgan fingerprint density at radius 1 is 1.45 bits per heavy atom. The summed E-state index contributed by atoms with van der Waals surface area (Å²) in [6.07, 6.45) is 5.29. The van der Waals surface area contributed by atoms with Crippen LogP contribution in [0.3, 0.4) is 0 Å². The molecule has 2 aromatic heterocycles. The molecule has 1 unspecified atom stereocenters. The third kappa shape index (κ3) is 2.45. The SMILES string of the molecule is Cc1nc(C)c(C(=O)N2CCCC(n3cncn3)C2)s1. The quantitative estimate of drug-likeness (QED) is 0.847. The van der Waals surface area contributed by atoms with Crippen LogP contribution in [0.5, 0.6) is 0 Å². The minimum absolute atomic E-state index is 0.0953. The van der Waals surface area contributed by atoms with Gasteiger partial charge < -0.3 is 4.90 Å². The van der Waals surface area contributed by atoms with Crippen LogP contribution >= 0.6 is 11.3 Å². The topological polar surface area (TPSA) is 63.9 Å². The summed E-state index contributed by atoms with van der Waals surface area (Å²) in [4.78, 5) is 23.6. The van der Waals surface area contributed by atoms with Crippen LogP contribution in [0.1, 0.15) is 39.3 Å². The second-order valence-corrected chi connectivity index (χ2v) is 6.27. The van der Waals surface area contributed by atoms with Crippen molar-refractivity contribution in [2.75, 3.05) is 13.1 Å². The summed E-state index contributed by atoms with van der Waals surface area (Å²) in [5, 5.41) is 5.13. The van der Waals surface area contributed by atoms with Crippen molar-refractivity contribution in [2.24, 2.45) is 0 Å². The van der Waals surface area contributed by atoms with Crippen LogP contribution < -0.4 is 0 Å². The lowest BCUT2D eigenvalue weighted by Crippen LogP contribution is -2.40. The molecule has 1 aliphatic heterocycles. The van der Waals surface area contributed by atoms with Crippen molar-refractivity contribution in [2.45, 2.75) is 32.7 Å². The number of amides is 1. The molecule has 0 saturated carbocycles. The van der Waals surface area contributed by atoms with Gasteiger partial charge >= 0.3 is 0 Å². The molecule has 7 heteroatoms. The monoisotopic (exact) mass is 291 g/mol. The first-order chi connectivity index (χ1) is 9.65. The minimum Gasteiger partial charge on any atom is -0.336 e. The van der Waals surface area contributed by atoms with Crippen LogP contribution in [-0.4, -0.2) is 43.6 Å². The summed E-state index contributed by atoms with van der Waals surface area (Å²) in [5.74, 6) is 0.0953. The number of likely N-dealkylation sites (tertiary alicyclic amines) is 1. The van der Waals surface area contributed by atoms with Crippen LogP contribution in [0.15, 0.2) is 12.7 Å².